The summed E-state index contributed by atoms with van der Waals surface area (Å²) in [5, 5.41) is 4.10. The second kappa shape index (κ2) is 5.57. The largest absolute Gasteiger partial charge is 0.365 e. The molecule has 0 radical (unpaired) electrons. The predicted octanol–water partition coefficient (Wildman–Crippen LogP) is 3.88. The molecule has 7 heteroatoms. The molecule has 2 aromatic heterocycles. The summed E-state index contributed by atoms with van der Waals surface area (Å²) in [5.74, 6) is -0.953. The maximum absolute atomic E-state index is 13.9. The van der Waals surface area contributed by atoms with Crippen LogP contribution in [-0.4, -0.2) is 10.9 Å². The topological polar surface area (TPSA) is 68.0 Å². The lowest BCUT2D eigenvalue weighted by molar-refractivity contribution is 0.100. The van der Waals surface area contributed by atoms with Crippen LogP contribution in [0.5, 0.6) is 0 Å². The highest BCUT2D eigenvalue weighted by Crippen LogP contribution is 2.36. The molecule has 1 amide bonds. The molecule has 2 heterocycles. The lowest BCUT2D eigenvalue weighted by Crippen LogP contribution is -2.12. The number of fused-ring (bicyclic) bond motifs is 1. The van der Waals surface area contributed by atoms with E-state index in [0.717, 1.165) is 3.57 Å². The SMILES string of the molecule is NC(=O)c1c(Nc2ccc(I)cc2F)sc2ncccc12. The zero-order chi connectivity index (χ0) is 15.0. The van der Waals surface area contributed by atoms with Gasteiger partial charge in [0, 0.05) is 15.2 Å². The van der Waals surface area contributed by atoms with Crippen LogP contribution in [0.15, 0.2) is 36.5 Å². The summed E-state index contributed by atoms with van der Waals surface area (Å²) >= 11 is 3.30. The third-order valence-corrected chi connectivity index (χ3v) is 4.59. The van der Waals surface area contributed by atoms with Crippen molar-refractivity contribution in [3.05, 3.63) is 51.5 Å². The van der Waals surface area contributed by atoms with Crippen LogP contribution in [0, 0.1) is 9.39 Å². The van der Waals surface area contributed by atoms with Crippen LogP contribution < -0.4 is 11.1 Å². The minimum atomic E-state index is -0.567. The number of nitrogens with zero attached hydrogens (tertiary/aromatic N) is 1. The van der Waals surface area contributed by atoms with Crippen LogP contribution >= 0.6 is 33.9 Å². The van der Waals surface area contributed by atoms with Crippen LogP contribution in [-0.2, 0) is 0 Å². The third-order valence-electron chi connectivity index (χ3n) is 2.89. The Labute approximate surface area is 137 Å². The number of aromatic nitrogens is 1. The molecule has 0 bridgehead atoms. The predicted molar refractivity (Wildman–Crippen MR) is 90.5 cm³/mol. The van der Waals surface area contributed by atoms with Gasteiger partial charge in [-0.1, -0.05) is 11.3 Å². The van der Waals surface area contributed by atoms with E-state index < -0.39 is 5.91 Å². The minimum Gasteiger partial charge on any atom is -0.365 e. The molecule has 0 fully saturated rings. The molecule has 21 heavy (non-hydrogen) atoms. The highest BCUT2D eigenvalue weighted by atomic mass is 127. The number of carbonyl (C=O) groups excluding carboxylic acids is 1. The standard InChI is InChI=1S/C14H9FIN3OS/c15-9-6-7(16)3-4-10(9)19-14-11(12(17)20)8-2-1-5-18-13(8)21-14/h1-6,19H,(H2,17,20). The number of hydrogen-bond acceptors (Lipinski definition) is 4. The van der Waals surface area contributed by atoms with Gasteiger partial charge in [0.1, 0.15) is 15.6 Å². The average molecular weight is 413 g/mol. The van der Waals surface area contributed by atoms with Gasteiger partial charge >= 0.3 is 0 Å². The summed E-state index contributed by atoms with van der Waals surface area (Å²) in [5.41, 5.74) is 6.08. The number of halogens is 2. The molecule has 0 aliphatic rings. The molecule has 0 atom stereocenters. The van der Waals surface area contributed by atoms with E-state index in [1.807, 2.05) is 22.6 Å². The van der Waals surface area contributed by atoms with E-state index in [9.17, 15) is 9.18 Å². The van der Waals surface area contributed by atoms with Crippen molar-refractivity contribution in [1.29, 1.82) is 0 Å². The lowest BCUT2D eigenvalue weighted by Gasteiger charge is -2.07. The summed E-state index contributed by atoms with van der Waals surface area (Å²) < 4.78 is 14.7. The third kappa shape index (κ3) is 2.70. The maximum atomic E-state index is 13.9. The van der Waals surface area contributed by atoms with Crippen molar-refractivity contribution in [3.8, 4) is 0 Å². The number of nitrogens with one attached hydrogen (secondary N) is 1. The fourth-order valence-electron chi connectivity index (χ4n) is 1.98. The van der Waals surface area contributed by atoms with Crippen LogP contribution in [0.25, 0.3) is 10.2 Å². The van der Waals surface area contributed by atoms with Gasteiger partial charge in [0.15, 0.2) is 0 Å². The van der Waals surface area contributed by atoms with Crippen LogP contribution in [0.3, 0.4) is 0 Å². The van der Waals surface area contributed by atoms with Gasteiger partial charge in [0.05, 0.1) is 11.3 Å². The molecule has 3 N–H and O–H groups in total. The van der Waals surface area contributed by atoms with Gasteiger partial charge in [0.2, 0.25) is 0 Å². The van der Waals surface area contributed by atoms with E-state index in [1.165, 1.54) is 17.4 Å². The van der Waals surface area contributed by atoms with Crippen molar-refractivity contribution < 1.29 is 9.18 Å². The average Bonchev–Trinajstić information content (AvgIpc) is 2.80. The molecular weight excluding hydrogens is 404 g/mol. The maximum Gasteiger partial charge on any atom is 0.252 e. The molecule has 106 valence electrons. The zero-order valence-corrected chi connectivity index (χ0v) is 13.5. The molecular formula is C14H9FIN3OS. The molecule has 3 rings (SSSR count). The van der Waals surface area contributed by atoms with E-state index in [1.54, 1.807) is 30.5 Å². The zero-order valence-electron chi connectivity index (χ0n) is 10.6. The monoisotopic (exact) mass is 413 g/mol. The summed E-state index contributed by atoms with van der Waals surface area (Å²) in [6, 6.07) is 8.32. The number of thiophene rings is 1. The summed E-state index contributed by atoms with van der Waals surface area (Å²) in [7, 11) is 0. The summed E-state index contributed by atoms with van der Waals surface area (Å²) in [6.07, 6.45) is 1.64. The van der Waals surface area contributed by atoms with Crippen LogP contribution in [0.1, 0.15) is 10.4 Å². The number of carbonyl (C=O) groups is 1. The molecule has 3 aromatic rings. The van der Waals surface area contributed by atoms with Gasteiger partial charge in [-0.2, -0.15) is 0 Å². The smallest absolute Gasteiger partial charge is 0.252 e. The normalized spacial score (nSPS) is 10.8. The van der Waals surface area contributed by atoms with Crippen molar-refractivity contribution in [3.63, 3.8) is 0 Å². The molecule has 0 unspecified atom stereocenters. The van der Waals surface area contributed by atoms with Crippen molar-refractivity contribution >= 4 is 60.7 Å². The number of rotatable bonds is 3. The summed E-state index contributed by atoms with van der Waals surface area (Å²) in [6.45, 7) is 0. The van der Waals surface area contributed by atoms with Crippen molar-refractivity contribution in [2.24, 2.45) is 5.73 Å². The molecule has 0 saturated heterocycles. The lowest BCUT2D eigenvalue weighted by atomic mass is 10.2. The molecule has 0 aliphatic heterocycles. The Morgan fingerprint density at radius 1 is 1.38 bits per heavy atom. The molecule has 0 saturated carbocycles. The first-order valence-electron chi connectivity index (χ1n) is 5.95. The Balaban J connectivity index is 2.12. The van der Waals surface area contributed by atoms with Gasteiger partial charge in [-0.05, 0) is 52.9 Å². The number of amides is 1. The van der Waals surface area contributed by atoms with E-state index in [-0.39, 0.29) is 5.82 Å². The highest BCUT2D eigenvalue weighted by Gasteiger charge is 2.18. The number of primary amides is 1. The molecule has 0 spiro atoms. The van der Waals surface area contributed by atoms with E-state index >= 15 is 0 Å². The van der Waals surface area contributed by atoms with E-state index in [2.05, 4.69) is 10.3 Å². The van der Waals surface area contributed by atoms with Gasteiger partial charge < -0.3 is 11.1 Å². The Morgan fingerprint density at radius 3 is 2.90 bits per heavy atom. The van der Waals surface area contributed by atoms with Crippen LogP contribution in [0.2, 0.25) is 0 Å². The Morgan fingerprint density at radius 2 is 2.19 bits per heavy atom. The van der Waals surface area contributed by atoms with Crippen molar-refractivity contribution in [1.82, 2.24) is 4.98 Å². The van der Waals surface area contributed by atoms with Crippen LogP contribution in [0.4, 0.5) is 15.1 Å². The Kier molecular flexibility index (Phi) is 3.77. The first-order valence-corrected chi connectivity index (χ1v) is 7.85. The molecule has 1 aromatic carbocycles. The Bertz CT molecular complexity index is 849. The molecule has 4 nitrogen and oxygen atoms in total. The van der Waals surface area contributed by atoms with Gasteiger partial charge in [-0.25, -0.2) is 9.37 Å². The quantitative estimate of drug-likeness (QED) is 0.641. The first-order chi connectivity index (χ1) is 10.1. The second-order valence-corrected chi connectivity index (χ2v) is 6.52. The van der Waals surface area contributed by atoms with Gasteiger partial charge in [-0.3, -0.25) is 4.79 Å². The fraction of sp³-hybridized carbons (Fsp3) is 0. The molecule has 0 aliphatic carbocycles. The first kappa shape index (κ1) is 14.2. The Hall–Kier alpha value is -1.74. The van der Waals surface area contributed by atoms with Crippen molar-refractivity contribution in [2.75, 3.05) is 5.32 Å². The number of anilines is 2. The number of benzene rings is 1. The van der Waals surface area contributed by atoms with E-state index in [0.29, 0.717) is 26.5 Å². The van der Waals surface area contributed by atoms with Gasteiger partial charge in [0.25, 0.3) is 5.91 Å². The fourth-order valence-corrected chi connectivity index (χ4v) is 3.49. The van der Waals surface area contributed by atoms with Crippen molar-refractivity contribution in [2.45, 2.75) is 0 Å². The van der Waals surface area contributed by atoms with Gasteiger partial charge in [-0.15, -0.1) is 0 Å². The number of pyridine rings is 1. The second-order valence-electron chi connectivity index (χ2n) is 4.28. The summed E-state index contributed by atoms with van der Waals surface area (Å²) in [4.78, 5) is 16.6. The minimum absolute atomic E-state index is 0.296. The highest BCUT2D eigenvalue weighted by molar-refractivity contribution is 14.1. The van der Waals surface area contributed by atoms with E-state index in [4.69, 9.17) is 5.73 Å². The number of hydrogen-bond donors (Lipinski definition) is 2. The number of nitrogens with two attached hydrogens (primary N) is 1.